The molecular formula is C54H98N2O6P+. The minimum Gasteiger partial charge on any atom is -0.387 e. The number of nitrogens with zero attached hydrogens (tertiary/aromatic N) is 1. The van der Waals surface area contributed by atoms with Crippen LogP contribution in [-0.4, -0.2) is 73.4 Å². The second-order valence-corrected chi connectivity index (χ2v) is 19.6. The second-order valence-electron chi connectivity index (χ2n) is 18.2. The fourth-order valence-corrected chi connectivity index (χ4v) is 7.60. The zero-order valence-electron chi connectivity index (χ0n) is 41.3. The van der Waals surface area contributed by atoms with Gasteiger partial charge in [0.15, 0.2) is 0 Å². The third-order valence-corrected chi connectivity index (χ3v) is 11.9. The molecule has 0 rings (SSSR count). The molecule has 0 aromatic heterocycles. The van der Waals surface area contributed by atoms with Crippen LogP contribution in [0.15, 0.2) is 85.1 Å². The molecule has 0 spiro atoms. The summed E-state index contributed by atoms with van der Waals surface area (Å²) in [5.74, 6) is -0.186. The number of aliphatic hydroxyl groups excluding tert-OH is 1. The Hall–Kier alpha value is -2.32. The van der Waals surface area contributed by atoms with Gasteiger partial charge in [-0.1, -0.05) is 208 Å². The molecule has 0 saturated heterocycles. The Bertz CT molecular complexity index is 1300. The predicted molar refractivity (Wildman–Crippen MR) is 272 cm³/mol. The van der Waals surface area contributed by atoms with Crippen LogP contribution >= 0.6 is 7.82 Å². The maximum absolute atomic E-state index is 12.8. The number of aliphatic hydroxyl groups is 1. The Morgan fingerprint density at radius 2 is 0.952 bits per heavy atom. The van der Waals surface area contributed by atoms with Crippen molar-refractivity contribution in [3.05, 3.63) is 85.1 Å². The third-order valence-electron chi connectivity index (χ3n) is 10.9. The molecule has 0 aliphatic rings. The van der Waals surface area contributed by atoms with Gasteiger partial charge in [-0.3, -0.25) is 13.8 Å². The predicted octanol–water partition coefficient (Wildman–Crippen LogP) is 14.9. The Kier molecular flexibility index (Phi) is 43.2. The number of hydrogen-bond acceptors (Lipinski definition) is 5. The topological polar surface area (TPSA) is 105 Å². The molecule has 0 aromatic carbocycles. The Morgan fingerprint density at radius 1 is 0.556 bits per heavy atom. The molecule has 0 fully saturated rings. The molecule has 364 valence electrons. The average Bonchev–Trinajstić information content (AvgIpc) is 3.24. The molecule has 1 amide bonds. The van der Waals surface area contributed by atoms with Gasteiger partial charge in [0.1, 0.15) is 13.2 Å². The summed E-state index contributed by atoms with van der Waals surface area (Å²) in [5, 5.41) is 13.7. The standard InChI is InChI=1S/C54H97N2O6P/c1-6-8-10-12-14-15-16-17-18-19-20-21-22-23-24-25-26-27-28-29-30-31-32-33-34-35-36-37-38-39-40-41-42-44-46-48-54(58)55-52(53(57)47-45-43-13-11-9-7-2)51-62-63(59,60)61-50-49-56(3,4)5/h8,10,14-15,17-18,20-21,23-24,26-27,45,47,52-53,57H,6-7,9,11-13,16,19,22,25,28-44,46,48-51H2,1-5H3,(H-,55,58,59,60)/p+1/b10-8-,15-14-,18-17-,21-20-,24-23-,27-26-,47-45+. The van der Waals surface area contributed by atoms with Gasteiger partial charge in [-0.15, -0.1) is 0 Å². The molecule has 0 radical (unpaired) electrons. The number of amides is 1. The molecule has 0 bridgehead atoms. The maximum Gasteiger partial charge on any atom is 0.472 e. The van der Waals surface area contributed by atoms with E-state index in [4.69, 9.17) is 9.05 Å². The van der Waals surface area contributed by atoms with Gasteiger partial charge in [-0.05, 0) is 70.6 Å². The highest BCUT2D eigenvalue weighted by Gasteiger charge is 2.27. The fourth-order valence-electron chi connectivity index (χ4n) is 6.87. The van der Waals surface area contributed by atoms with E-state index >= 15 is 0 Å². The van der Waals surface area contributed by atoms with Gasteiger partial charge >= 0.3 is 7.82 Å². The number of hydrogen-bond donors (Lipinski definition) is 3. The monoisotopic (exact) mass is 902 g/mol. The van der Waals surface area contributed by atoms with E-state index in [2.05, 4.69) is 92.1 Å². The first kappa shape index (κ1) is 60.7. The quantitative estimate of drug-likeness (QED) is 0.0243. The molecule has 9 heteroatoms. The third kappa shape index (κ3) is 47.5. The lowest BCUT2D eigenvalue weighted by molar-refractivity contribution is -0.870. The lowest BCUT2D eigenvalue weighted by atomic mass is 10.0. The van der Waals surface area contributed by atoms with Gasteiger partial charge in [0, 0.05) is 6.42 Å². The van der Waals surface area contributed by atoms with Gasteiger partial charge in [0.2, 0.25) is 5.91 Å². The van der Waals surface area contributed by atoms with Crippen molar-refractivity contribution < 1.29 is 32.9 Å². The van der Waals surface area contributed by atoms with E-state index in [9.17, 15) is 19.4 Å². The number of carbonyl (C=O) groups is 1. The van der Waals surface area contributed by atoms with Crippen LogP contribution in [0.5, 0.6) is 0 Å². The highest BCUT2D eigenvalue weighted by Crippen LogP contribution is 2.43. The summed E-state index contributed by atoms with van der Waals surface area (Å²) < 4.78 is 23.4. The van der Waals surface area contributed by atoms with Gasteiger partial charge < -0.3 is 19.8 Å². The number of carbonyl (C=O) groups excluding carboxylic acids is 1. The first-order valence-corrected chi connectivity index (χ1v) is 27.0. The molecule has 0 saturated carbocycles. The number of unbranched alkanes of at least 4 members (excludes halogenated alkanes) is 20. The van der Waals surface area contributed by atoms with Crippen molar-refractivity contribution in [3.8, 4) is 0 Å². The zero-order chi connectivity index (χ0) is 46.4. The van der Waals surface area contributed by atoms with Crippen LogP contribution in [0.3, 0.4) is 0 Å². The van der Waals surface area contributed by atoms with Crippen LogP contribution < -0.4 is 5.32 Å². The largest absolute Gasteiger partial charge is 0.472 e. The molecule has 0 aliphatic carbocycles. The van der Waals surface area contributed by atoms with E-state index in [-0.39, 0.29) is 19.1 Å². The zero-order valence-corrected chi connectivity index (χ0v) is 42.2. The summed E-state index contributed by atoms with van der Waals surface area (Å²) in [5.41, 5.74) is 0. The highest BCUT2D eigenvalue weighted by molar-refractivity contribution is 7.47. The Balaban J connectivity index is 3.89. The number of allylic oxidation sites excluding steroid dienone is 13. The van der Waals surface area contributed by atoms with Crippen LogP contribution in [0.25, 0.3) is 0 Å². The van der Waals surface area contributed by atoms with Gasteiger partial charge in [0.25, 0.3) is 0 Å². The maximum atomic E-state index is 12.8. The molecule has 3 N–H and O–H groups in total. The van der Waals surface area contributed by atoms with Crippen LogP contribution in [0.2, 0.25) is 0 Å². The van der Waals surface area contributed by atoms with Crippen molar-refractivity contribution in [3.63, 3.8) is 0 Å². The Labute approximate surface area is 388 Å². The van der Waals surface area contributed by atoms with E-state index in [1.807, 2.05) is 27.2 Å². The van der Waals surface area contributed by atoms with Crippen LogP contribution in [0.4, 0.5) is 0 Å². The van der Waals surface area contributed by atoms with E-state index < -0.39 is 20.0 Å². The lowest BCUT2D eigenvalue weighted by Crippen LogP contribution is -2.45. The van der Waals surface area contributed by atoms with Crippen LogP contribution in [0.1, 0.15) is 200 Å². The van der Waals surface area contributed by atoms with E-state index in [1.54, 1.807) is 6.08 Å². The summed E-state index contributed by atoms with van der Waals surface area (Å²) >= 11 is 0. The average molecular weight is 902 g/mol. The van der Waals surface area contributed by atoms with Gasteiger partial charge in [-0.2, -0.15) is 0 Å². The number of rotatable bonds is 45. The van der Waals surface area contributed by atoms with E-state index in [0.717, 1.165) is 83.5 Å². The fraction of sp³-hybridized carbons (Fsp3) is 0.722. The number of quaternary nitrogens is 1. The Morgan fingerprint density at radius 3 is 1.40 bits per heavy atom. The number of likely N-dealkylation sites (N-methyl/N-ethyl adjacent to an activating group) is 1. The van der Waals surface area contributed by atoms with Crippen LogP contribution in [0, 0.1) is 0 Å². The molecule has 8 nitrogen and oxygen atoms in total. The molecule has 3 unspecified atom stereocenters. The highest BCUT2D eigenvalue weighted by atomic mass is 31.2. The molecule has 0 heterocycles. The molecule has 0 aromatic rings. The van der Waals surface area contributed by atoms with Crippen molar-refractivity contribution in [1.82, 2.24) is 5.32 Å². The molecular weight excluding hydrogens is 804 g/mol. The summed E-state index contributed by atoms with van der Waals surface area (Å²) in [4.78, 5) is 23.0. The SMILES string of the molecule is CC/C=C\C/C=C\C/C=C\C/C=C\C/C=C\C/C=C\CCCCCCCCCCCCCCCCCCC(=O)NC(COP(=O)(O)OCC[N+](C)(C)C)C(O)/C=C/CCCCCC. The molecule has 63 heavy (non-hydrogen) atoms. The van der Waals surface area contributed by atoms with Gasteiger partial charge in [-0.25, -0.2) is 4.57 Å². The summed E-state index contributed by atoms with van der Waals surface area (Å²) in [6.07, 6.45) is 62.9. The molecule has 0 aliphatic heterocycles. The number of phosphoric acid groups is 1. The minimum absolute atomic E-state index is 0.0585. The smallest absolute Gasteiger partial charge is 0.387 e. The van der Waals surface area contributed by atoms with Crippen molar-refractivity contribution in [1.29, 1.82) is 0 Å². The second kappa shape index (κ2) is 44.9. The minimum atomic E-state index is -4.33. The van der Waals surface area contributed by atoms with Crippen molar-refractivity contribution in [2.24, 2.45) is 0 Å². The van der Waals surface area contributed by atoms with E-state index in [1.165, 1.54) is 96.3 Å². The first-order valence-electron chi connectivity index (χ1n) is 25.5. The summed E-state index contributed by atoms with van der Waals surface area (Å²) in [7, 11) is 1.56. The van der Waals surface area contributed by atoms with E-state index in [0.29, 0.717) is 17.4 Å². The number of phosphoric ester groups is 1. The van der Waals surface area contributed by atoms with Crippen molar-refractivity contribution >= 4 is 13.7 Å². The van der Waals surface area contributed by atoms with Gasteiger partial charge in [0.05, 0.1) is 39.9 Å². The van der Waals surface area contributed by atoms with Crippen LogP contribution in [-0.2, 0) is 18.4 Å². The first-order chi connectivity index (χ1) is 30.5. The molecule has 3 atom stereocenters. The lowest BCUT2D eigenvalue weighted by Gasteiger charge is -2.25. The summed E-state index contributed by atoms with van der Waals surface area (Å²) in [6, 6.07) is -0.845. The summed E-state index contributed by atoms with van der Waals surface area (Å²) in [6.45, 7) is 4.60. The van der Waals surface area contributed by atoms with Crippen molar-refractivity contribution in [2.45, 2.75) is 212 Å². The van der Waals surface area contributed by atoms with Crippen molar-refractivity contribution in [2.75, 3.05) is 40.9 Å². The number of nitrogens with one attached hydrogen (secondary N) is 1. The normalized spacial score (nSPS) is 14.8.